The van der Waals surface area contributed by atoms with Crippen molar-refractivity contribution in [3.63, 3.8) is 0 Å². The van der Waals surface area contributed by atoms with E-state index in [0.717, 1.165) is 0 Å². The Morgan fingerprint density at radius 3 is 2.23 bits per heavy atom. The number of nitrogens with two attached hydrogens (primary N) is 1. The molecule has 4 N–H and O–H groups in total. The maximum atomic E-state index is 11.4. The minimum atomic E-state index is -3.38. The topological polar surface area (TPSA) is 83.5 Å². The molecule has 0 aliphatic heterocycles. The summed E-state index contributed by atoms with van der Waals surface area (Å²) in [6, 6.07) is 0. The van der Waals surface area contributed by atoms with Crippen LogP contribution in [0.25, 0.3) is 0 Å². The summed E-state index contributed by atoms with van der Waals surface area (Å²) >= 11 is 0. The highest BCUT2D eigenvalue weighted by Crippen LogP contribution is 2.48. The molecule has 4 nitrogen and oxygen atoms in total. The third-order valence-electron chi connectivity index (χ3n) is 1.69. The second-order valence-electron chi connectivity index (χ2n) is 3.28. The number of aliphatic hydroxyl groups excluding tert-OH is 1. The third kappa shape index (κ3) is 5.66. The second-order valence-corrected chi connectivity index (χ2v) is 5.77. The van der Waals surface area contributed by atoms with Gasteiger partial charge in [-0.3, -0.25) is 4.57 Å². The maximum Gasteiger partial charge on any atom is 0.228 e. The Morgan fingerprint density at radius 2 is 1.92 bits per heavy atom. The van der Waals surface area contributed by atoms with Crippen molar-refractivity contribution in [1.82, 2.24) is 0 Å². The van der Waals surface area contributed by atoms with E-state index >= 15 is 0 Å². The zero-order valence-electron chi connectivity index (χ0n) is 8.01. The lowest BCUT2D eigenvalue weighted by Crippen LogP contribution is -2.17. The van der Waals surface area contributed by atoms with Crippen molar-refractivity contribution in [1.29, 1.82) is 0 Å². The lowest BCUT2D eigenvalue weighted by atomic mass is 10.2. The van der Waals surface area contributed by atoms with Crippen molar-refractivity contribution >= 4 is 19.8 Å². The van der Waals surface area contributed by atoms with Crippen LogP contribution in [0, 0.1) is 5.92 Å². The van der Waals surface area contributed by atoms with Gasteiger partial charge in [-0.2, -0.15) is 0 Å². The standard InChI is InChI=1S/C7H18NO3P.ClH/c1-6(2)7(9)12(10,11)5-3-4-8;/h6-7,9H,3-5,8H2,1-2H3,(H,10,11);1H. The van der Waals surface area contributed by atoms with Gasteiger partial charge in [-0.05, 0) is 18.9 Å². The quantitative estimate of drug-likeness (QED) is 0.617. The molecule has 6 heteroatoms. The van der Waals surface area contributed by atoms with Crippen LogP contribution in [0.3, 0.4) is 0 Å². The van der Waals surface area contributed by atoms with Gasteiger partial charge in [0.2, 0.25) is 7.37 Å². The molecule has 0 aromatic rings. The lowest BCUT2D eigenvalue weighted by molar-refractivity contribution is 0.183. The smallest absolute Gasteiger partial charge is 0.228 e. The van der Waals surface area contributed by atoms with Gasteiger partial charge in [0.05, 0.1) is 0 Å². The molecule has 13 heavy (non-hydrogen) atoms. The molecule has 0 saturated carbocycles. The molecule has 0 radical (unpaired) electrons. The summed E-state index contributed by atoms with van der Waals surface area (Å²) in [7, 11) is -3.38. The van der Waals surface area contributed by atoms with Gasteiger partial charge in [0, 0.05) is 6.16 Å². The third-order valence-corrected chi connectivity index (χ3v) is 4.07. The van der Waals surface area contributed by atoms with Crippen LogP contribution in [0.1, 0.15) is 20.3 Å². The Morgan fingerprint density at radius 1 is 1.46 bits per heavy atom. The molecule has 0 fully saturated rings. The molecule has 0 bridgehead atoms. The predicted molar refractivity (Wildman–Crippen MR) is 56.5 cm³/mol. The molecular formula is C7H19ClNO3P. The van der Waals surface area contributed by atoms with Gasteiger partial charge in [-0.25, -0.2) is 0 Å². The fourth-order valence-corrected chi connectivity index (χ4v) is 2.75. The number of aliphatic hydroxyl groups is 1. The first-order valence-electron chi connectivity index (χ1n) is 4.11. The molecule has 82 valence electrons. The minimum absolute atomic E-state index is 0. The van der Waals surface area contributed by atoms with Gasteiger partial charge >= 0.3 is 0 Å². The summed E-state index contributed by atoms with van der Waals surface area (Å²) in [4.78, 5) is 9.33. The fourth-order valence-electron chi connectivity index (χ4n) is 0.916. The zero-order valence-corrected chi connectivity index (χ0v) is 9.72. The molecule has 0 aromatic carbocycles. The van der Waals surface area contributed by atoms with Crippen LogP contribution in [0.15, 0.2) is 0 Å². The molecule has 2 atom stereocenters. The van der Waals surface area contributed by atoms with E-state index in [1.54, 1.807) is 13.8 Å². The van der Waals surface area contributed by atoms with Crippen LogP contribution >= 0.6 is 19.8 Å². The van der Waals surface area contributed by atoms with Crippen molar-refractivity contribution in [3.05, 3.63) is 0 Å². The van der Waals surface area contributed by atoms with Crippen LogP contribution in [0.5, 0.6) is 0 Å². The Balaban J connectivity index is 0. The zero-order chi connectivity index (χ0) is 9.78. The predicted octanol–water partition coefficient (Wildman–Crippen LogP) is 1.00. The summed E-state index contributed by atoms with van der Waals surface area (Å²) in [6.07, 6.45) is 0.598. The molecule has 0 rings (SSSR count). The van der Waals surface area contributed by atoms with Crippen molar-refractivity contribution in [2.75, 3.05) is 12.7 Å². The molecule has 0 aromatic heterocycles. The molecule has 0 saturated heterocycles. The average molecular weight is 232 g/mol. The summed E-state index contributed by atoms with van der Waals surface area (Å²) in [5.74, 6) is -1.29. The first-order valence-corrected chi connectivity index (χ1v) is 6.03. The number of rotatable bonds is 5. The van der Waals surface area contributed by atoms with E-state index < -0.39 is 13.2 Å². The molecule has 0 aliphatic carbocycles. The first-order chi connectivity index (χ1) is 5.41. The Bertz CT molecular complexity index is 177. The molecule has 2 unspecified atom stereocenters. The SMILES string of the molecule is CC(C)C(O)P(=O)(O)CCCN.Cl. The highest BCUT2D eigenvalue weighted by molar-refractivity contribution is 7.58. The van der Waals surface area contributed by atoms with Crippen molar-refractivity contribution in [2.24, 2.45) is 11.7 Å². The van der Waals surface area contributed by atoms with Crippen LogP contribution in [0.4, 0.5) is 0 Å². The van der Waals surface area contributed by atoms with Gasteiger partial charge in [0.1, 0.15) is 5.85 Å². The normalized spacial score (nSPS) is 17.7. The highest BCUT2D eigenvalue weighted by atomic mass is 35.5. The monoisotopic (exact) mass is 231 g/mol. The molecule has 0 amide bonds. The van der Waals surface area contributed by atoms with Gasteiger partial charge in [0.15, 0.2) is 0 Å². The van der Waals surface area contributed by atoms with E-state index in [1.165, 1.54) is 0 Å². The molecule has 0 aliphatic rings. The number of hydrogen-bond donors (Lipinski definition) is 3. The van der Waals surface area contributed by atoms with Crippen LogP contribution in [-0.2, 0) is 4.57 Å². The summed E-state index contributed by atoms with van der Waals surface area (Å²) in [6.45, 7) is 3.82. The van der Waals surface area contributed by atoms with E-state index in [1.807, 2.05) is 0 Å². The average Bonchev–Trinajstić information content (AvgIpc) is 1.99. The van der Waals surface area contributed by atoms with Crippen molar-refractivity contribution in [3.8, 4) is 0 Å². The minimum Gasteiger partial charge on any atom is -0.383 e. The largest absolute Gasteiger partial charge is 0.383 e. The molecule has 0 spiro atoms. The highest BCUT2D eigenvalue weighted by Gasteiger charge is 2.30. The Labute approximate surface area is 85.4 Å². The second kappa shape index (κ2) is 6.80. The van der Waals surface area contributed by atoms with E-state index in [2.05, 4.69) is 0 Å². The first kappa shape index (κ1) is 15.9. The Hall–Kier alpha value is 0.400. The van der Waals surface area contributed by atoms with Gasteiger partial charge in [-0.15, -0.1) is 12.4 Å². The van der Waals surface area contributed by atoms with E-state index in [9.17, 15) is 14.6 Å². The summed E-state index contributed by atoms with van der Waals surface area (Å²) in [5.41, 5.74) is 5.20. The number of halogens is 1. The van der Waals surface area contributed by atoms with Crippen LogP contribution in [-0.4, -0.2) is 28.6 Å². The Kier molecular flexibility index (Phi) is 8.29. The number of hydrogen-bond acceptors (Lipinski definition) is 3. The van der Waals surface area contributed by atoms with E-state index in [4.69, 9.17) is 5.73 Å². The van der Waals surface area contributed by atoms with Crippen LogP contribution < -0.4 is 5.73 Å². The van der Waals surface area contributed by atoms with Gasteiger partial charge in [0.25, 0.3) is 0 Å². The summed E-state index contributed by atoms with van der Waals surface area (Å²) < 4.78 is 11.4. The fraction of sp³-hybridized carbons (Fsp3) is 1.00. The van der Waals surface area contributed by atoms with Gasteiger partial charge < -0.3 is 15.7 Å². The van der Waals surface area contributed by atoms with Crippen LogP contribution in [0.2, 0.25) is 0 Å². The maximum absolute atomic E-state index is 11.4. The van der Waals surface area contributed by atoms with Gasteiger partial charge in [-0.1, -0.05) is 13.8 Å². The van der Waals surface area contributed by atoms with E-state index in [0.29, 0.717) is 13.0 Å². The molecule has 0 heterocycles. The van der Waals surface area contributed by atoms with E-state index in [-0.39, 0.29) is 24.5 Å². The lowest BCUT2D eigenvalue weighted by Gasteiger charge is -2.20. The molecular weight excluding hydrogens is 213 g/mol. The van der Waals surface area contributed by atoms with Crippen molar-refractivity contribution in [2.45, 2.75) is 26.1 Å². The van der Waals surface area contributed by atoms with Crippen molar-refractivity contribution < 1.29 is 14.6 Å². The summed E-state index contributed by atoms with van der Waals surface area (Å²) in [5, 5.41) is 9.33.